The Kier molecular flexibility index (Phi) is 5.25. The lowest BCUT2D eigenvalue weighted by Crippen LogP contribution is -2.12. The molecule has 0 aliphatic heterocycles. The maximum Gasteiger partial charge on any atom is 0.160 e. The Morgan fingerprint density at radius 1 is 0.370 bits per heavy atom. The lowest BCUT2D eigenvalue weighted by Gasteiger charge is -2.28. The van der Waals surface area contributed by atoms with Crippen LogP contribution in [0.4, 0.5) is 17.1 Å². The van der Waals surface area contributed by atoms with E-state index >= 15 is 0 Å². The van der Waals surface area contributed by atoms with Gasteiger partial charge in [-0.15, -0.1) is 0 Å². The van der Waals surface area contributed by atoms with E-state index in [1.54, 1.807) is 0 Å². The van der Waals surface area contributed by atoms with Crippen LogP contribution in [-0.4, -0.2) is 0 Å². The summed E-state index contributed by atoms with van der Waals surface area (Å²) in [4.78, 5) is 2.32. The van der Waals surface area contributed by atoms with Gasteiger partial charge in [0.2, 0.25) is 0 Å². The molecule has 0 atom stereocenters. The average Bonchev–Trinajstić information content (AvgIpc) is 3.80. The van der Waals surface area contributed by atoms with Crippen molar-refractivity contribution in [3.8, 4) is 11.1 Å². The quantitative estimate of drug-likeness (QED) is 0.204. The van der Waals surface area contributed by atoms with Crippen molar-refractivity contribution in [2.75, 3.05) is 4.90 Å². The van der Waals surface area contributed by atoms with Crippen LogP contribution in [0.15, 0.2) is 165 Å². The van der Waals surface area contributed by atoms with E-state index in [9.17, 15) is 0 Å². The van der Waals surface area contributed by atoms with Crippen LogP contribution in [0.1, 0.15) is 0 Å². The zero-order valence-electron chi connectivity index (χ0n) is 24.6. The summed E-state index contributed by atoms with van der Waals surface area (Å²) in [5.74, 6) is 0. The lowest BCUT2D eigenvalue weighted by molar-refractivity contribution is 0.663. The van der Waals surface area contributed by atoms with Gasteiger partial charge in [-0.1, -0.05) is 115 Å². The van der Waals surface area contributed by atoms with Crippen molar-refractivity contribution in [3.63, 3.8) is 0 Å². The maximum absolute atomic E-state index is 6.84. The van der Waals surface area contributed by atoms with Gasteiger partial charge in [0, 0.05) is 32.5 Å². The monoisotopic (exact) mass is 591 g/mol. The molecule has 10 aromatic rings. The minimum Gasteiger partial charge on any atom is -0.456 e. The highest BCUT2D eigenvalue weighted by atomic mass is 16.3. The summed E-state index contributed by atoms with van der Waals surface area (Å²) in [5.41, 5.74) is 9.93. The molecule has 0 amide bonds. The van der Waals surface area contributed by atoms with Crippen molar-refractivity contribution < 1.29 is 13.3 Å². The van der Waals surface area contributed by atoms with Gasteiger partial charge in [-0.05, 0) is 42.0 Å². The second-order valence-electron chi connectivity index (χ2n) is 11.6. The zero-order chi connectivity index (χ0) is 30.2. The third kappa shape index (κ3) is 3.55. The van der Waals surface area contributed by atoms with E-state index in [0.717, 1.165) is 94.0 Å². The second-order valence-corrected chi connectivity index (χ2v) is 11.6. The number of fused-ring (bicyclic) bond motifs is 9. The fraction of sp³-hybridized carbons (Fsp3) is 0. The SMILES string of the molecule is c1ccc(-c2ccccc2N(c2cccc3c2oc2ccccc23)c2c3oc4ccccc4c3cc3oc4ccccc4c23)cc1. The first-order valence-corrected chi connectivity index (χ1v) is 15.4. The van der Waals surface area contributed by atoms with Gasteiger partial charge in [0.1, 0.15) is 28.0 Å². The number of para-hydroxylation sites is 5. The molecule has 0 aliphatic rings. The van der Waals surface area contributed by atoms with Crippen molar-refractivity contribution in [2.24, 2.45) is 0 Å². The van der Waals surface area contributed by atoms with Crippen molar-refractivity contribution in [2.45, 2.75) is 0 Å². The fourth-order valence-corrected chi connectivity index (χ4v) is 7.06. The number of rotatable bonds is 4. The highest BCUT2D eigenvalue weighted by molar-refractivity contribution is 6.25. The number of nitrogens with zero attached hydrogens (tertiary/aromatic N) is 1. The third-order valence-electron chi connectivity index (χ3n) is 9.06. The third-order valence-corrected chi connectivity index (χ3v) is 9.06. The Bertz CT molecular complexity index is 2760. The van der Waals surface area contributed by atoms with Crippen LogP contribution in [0, 0.1) is 0 Å². The molecule has 46 heavy (non-hydrogen) atoms. The van der Waals surface area contributed by atoms with E-state index in [2.05, 4.69) is 120 Å². The smallest absolute Gasteiger partial charge is 0.160 e. The standard InChI is InChI=1S/C42H25NO3/c1-2-13-26(14-3-1)27-15-4-8-20-33(27)43(34-21-12-19-30-28-16-5-9-22-35(28)45-41(30)34)40-39-31-18-7-11-24-37(31)44-38(39)25-32-29-17-6-10-23-36(29)46-42(32)40/h1-25H. The van der Waals surface area contributed by atoms with Gasteiger partial charge in [0.05, 0.1) is 16.8 Å². The first-order chi connectivity index (χ1) is 22.8. The Labute approximate surface area is 263 Å². The molecule has 0 spiro atoms. The van der Waals surface area contributed by atoms with Gasteiger partial charge in [-0.25, -0.2) is 0 Å². The molecule has 216 valence electrons. The normalized spacial score (nSPS) is 11.9. The molecule has 0 unspecified atom stereocenters. The van der Waals surface area contributed by atoms with E-state index in [4.69, 9.17) is 13.3 Å². The molecule has 0 radical (unpaired) electrons. The number of hydrogen-bond acceptors (Lipinski definition) is 4. The molecular formula is C42H25NO3. The molecule has 4 heteroatoms. The summed E-state index contributed by atoms with van der Waals surface area (Å²) in [6.45, 7) is 0. The predicted octanol–water partition coefficient (Wildman–Crippen LogP) is 12.5. The maximum atomic E-state index is 6.84. The summed E-state index contributed by atoms with van der Waals surface area (Å²) in [5, 5.41) is 6.18. The van der Waals surface area contributed by atoms with Gasteiger partial charge in [-0.3, -0.25) is 0 Å². The molecule has 3 heterocycles. The summed E-state index contributed by atoms with van der Waals surface area (Å²) in [6.07, 6.45) is 0. The van der Waals surface area contributed by atoms with Crippen molar-refractivity contribution in [3.05, 3.63) is 152 Å². The van der Waals surface area contributed by atoms with Crippen molar-refractivity contribution in [1.82, 2.24) is 0 Å². The van der Waals surface area contributed by atoms with Crippen molar-refractivity contribution in [1.29, 1.82) is 0 Å². The zero-order valence-corrected chi connectivity index (χ0v) is 24.6. The predicted molar refractivity (Wildman–Crippen MR) is 188 cm³/mol. The lowest BCUT2D eigenvalue weighted by atomic mass is 9.99. The highest BCUT2D eigenvalue weighted by Crippen LogP contribution is 2.52. The number of hydrogen-bond donors (Lipinski definition) is 0. The molecule has 0 fully saturated rings. The van der Waals surface area contributed by atoms with Crippen LogP contribution in [0.3, 0.4) is 0 Å². The van der Waals surface area contributed by atoms with Gasteiger partial charge in [-0.2, -0.15) is 0 Å². The average molecular weight is 592 g/mol. The van der Waals surface area contributed by atoms with E-state index in [1.807, 2.05) is 36.4 Å². The van der Waals surface area contributed by atoms with Crippen molar-refractivity contribution >= 4 is 82.9 Å². The highest BCUT2D eigenvalue weighted by Gasteiger charge is 2.29. The first-order valence-electron chi connectivity index (χ1n) is 15.4. The summed E-state index contributed by atoms with van der Waals surface area (Å²) < 4.78 is 20.1. The van der Waals surface area contributed by atoms with Gasteiger partial charge < -0.3 is 18.2 Å². The van der Waals surface area contributed by atoms with E-state index in [0.29, 0.717) is 0 Å². The van der Waals surface area contributed by atoms with Crippen LogP contribution < -0.4 is 4.90 Å². The first kappa shape index (κ1) is 25.1. The van der Waals surface area contributed by atoms with Gasteiger partial charge in [0.25, 0.3) is 0 Å². The Morgan fingerprint density at radius 3 is 1.72 bits per heavy atom. The van der Waals surface area contributed by atoms with Gasteiger partial charge >= 0.3 is 0 Å². The van der Waals surface area contributed by atoms with E-state index in [1.165, 1.54) is 0 Å². The molecule has 3 aromatic heterocycles. The van der Waals surface area contributed by atoms with Crippen LogP contribution in [0.5, 0.6) is 0 Å². The molecule has 0 N–H and O–H groups in total. The number of anilines is 3. The number of benzene rings is 7. The fourth-order valence-electron chi connectivity index (χ4n) is 7.06. The Hall–Kier alpha value is -6.26. The molecular weight excluding hydrogens is 566 g/mol. The molecule has 7 aromatic carbocycles. The van der Waals surface area contributed by atoms with Crippen LogP contribution in [-0.2, 0) is 0 Å². The summed E-state index contributed by atoms with van der Waals surface area (Å²) in [6, 6.07) is 52.3. The molecule has 0 saturated carbocycles. The minimum absolute atomic E-state index is 0.788. The van der Waals surface area contributed by atoms with Crippen LogP contribution in [0.2, 0.25) is 0 Å². The minimum atomic E-state index is 0.788. The van der Waals surface area contributed by atoms with Crippen LogP contribution in [0.25, 0.3) is 76.9 Å². The molecule has 10 rings (SSSR count). The summed E-state index contributed by atoms with van der Waals surface area (Å²) >= 11 is 0. The Morgan fingerprint density at radius 2 is 0.935 bits per heavy atom. The van der Waals surface area contributed by atoms with Crippen LogP contribution >= 0.6 is 0 Å². The summed E-state index contributed by atoms with van der Waals surface area (Å²) in [7, 11) is 0. The topological polar surface area (TPSA) is 42.7 Å². The molecule has 0 bridgehead atoms. The van der Waals surface area contributed by atoms with Gasteiger partial charge in [0.15, 0.2) is 11.2 Å². The second kappa shape index (κ2) is 9.62. The van der Waals surface area contributed by atoms with E-state index in [-0.39, 0.29) is 0 Å². The molecule has 0 aliphatic carbocycles. The van der Waals surface area contributed by atoms with E-state index < -0.39 is 0 Å². The largest absolute Gasteiger partial charge is 0.456 e. The molecule has 4 nitrogen and oxygen atoms in total. The Balaban J connectivity index is 1.43. The number of furan rings is 3. The molecule has 0 saturated heterocycles.